The van der Waals surface area contributed by atoms with Gasteiger partial charge in [-0.15, -0.1) is 5.10 Å². The standard InChI is InChI=1S/C14H13F3N4O2/c15-8-6-10(17)9(16)4-7(8)5-12(22)18-14-19-13(20-21-14)11-2-1-3-23-11/h4,6,11H,1-3,5H2,(H2,18,19,20,21,22). The summed E-state index contributed by atoms with van der Waals surface area (Å²) in [7, 11) is 0. The molecule has 2 aromatic rings. The van der Waals surface area contributed by atoms with Crippen molar-refractivity contribution < 1.29 is 22.7 Å². The number of hydrogen-bond acceptors (Lipinski definition) is 4. The fourth-order valence-corrected chi connectivity index (χ4v) is 2.31. The maximum Gasteiger partial charge on any atom is 0.248 e. The molecular formula is C14H13F3N4O2. The van der Waals surface area contributed by atoms with E-state index in [2.05, 4.69) is 20.5 Å². The van der Waals surface area contributed by atoms with Crippen LogP contribution in [-0.2, 0) is 16.0 Å². The Kier molecular flexibility index (Phi) is 4.28. The Bertz CT molecular complexity index is 729. The van der Waals surface area contributed by atoms with Gasteiger partial charge < -0.3 is 4.74 Å². The van der Waals surface area contributed by atoms with Crippen LogP contribution in [0.3, 0.4) is 0 Å². The Hall–Kier alpha value is -2.42. The molecule has 9 heteroatoms. The summed E-state index contributed by atoms with van der Waals surface area (Å²) in [5, 5.41) is 8.85. The average Bonchev–Trinajstić information content (AvgIpc) is 3.15. The van der Waals surface area contributed by atoms with Gasteiger partial charge >= 0.3 is 0 Å². The molecule has 0 aliphatic carbocycles. The maximum absolute atomic E-state index is 13.5. The normalized spacial score (nSPS) is 17.4. The summed E-state index contributed by atoms with van der Waals surface area (Å²) in [6.45, 7) is 0.641. The van der Waals surface area contributed by atoms with Gasteiger partial charge in [0.15, 0.2) is 17.5 Å². The zero-order valence-corrected chi connectivity index (χ0v) is 11.9. The molecule has 1 fully saturated rings. The number of carbonyl (C=O) groups excluding carboxylic acids is 1. The van der Waals surface area contributed by atoms with Crippen LogP contribution in [0.4, 0.5) is 19.1 Å². The van der Waals surface area contributed by atoms with Gasteiger partial charge in [-0.1, -0.05) is 0 Å². The lowest BCUT2D eigenvalue weighted by atomic mass is 10.1. The first-order chi connectivity index (χ1) is 11.0. The molecule has 1 atom stereocenters. The Labute approximate surface area is 129 Å². The van der Waals surface area contributed by atoms with Gasteiger partial charge in [-0.05, 0) is 18.9 Å². The van der Waals surface area contributed by atoms with E-state index in [1.54, 1.807) is 0 Å². The van der Waals surface area contributed by atoms with Crippen LogP contribution in [0, 0.1) is 17.5 Å². The summed E-state index contributed by atoms with van der Waals surface area (Å²) >= 11 is 0. The number of rotatable bonds is 4. The van der Waals surface area contributed by atoms with Gasteiger partial charge in [-0.3, -0.25) is 15.2 Å². The van der Waals surface area contributed by atoms with Crippen molar-refractivity contribution in [3.8, 4) is 0 Å². The number of anilines is 1. The van der Waals surface area contributed by atoms with Crippen molar-refractivity contribution in [2.24, 2.45) is 0 Å². The molecule has 1 aliphatic rings. The van der Waals surface area contributed by atoms with E-state index in [9.17, 15) is 18.0 Å². The van der Waals surface area contributed by atoms with E-state index >= 15 is 0 Å². The molecule has 0 radical (unpaired) electrons. The molecule has 122 valence electrons. The van der Waals surface area contributed by atoms with Crippen LogP contribution in [0.25, 0.3) is 0 Å². The summed E-state index contributed by atoms with van der Waals surface area (Å²) in [6, 6.07) is 1.06. The van der Waals surface area contributed by atoms with Crippen molar-refractivity contribution in [1.82, 2.24) is 15.2 Å². The number of H-pyrrole nitrogens is 1. The third kappa shape index (κ3) is 3.50. The van der Waals surface area contributed by atoms with Crippen molar-refractivity contribution in [3.05, 3.63) is 41.0 Å². The third-order valence-corrected chi connectivity index (χ3v) is 3.43. The van der Waals surface area contributed by atoms with Gasteiger partial charge in [0.2, 0.25) is 11.9 Å². The van der Waals surface area contributed by atoms with Crippen LogP contribution in [0.15, 0.2) is 12.1 Å². The van der Waals surface area contributed by atoms with E-state index in [1.807, 2.05) is 0 Å². The molecule has 0 saturated carbocycles. The molecule has 3 rings (SSSR count). The molecule has 23 heavy (non-hydrogen) atoms. The fraction of sp³-hybridized carbons (Fsp3) is 0.357. The number of nitrogens with one attached hydrogen (secondary N) is 2. The molecular weight excluding hydrogens is 313 g/mol. The molecule has 1 saturated heterocycles. The highest BCUT2D eigenvalue weighted by Gasteiger charge is 2.22. The largest absolute Gasteiger partial charge is 0.370 e. The van der Waals surface area contributed by atoms with Crippen LogP contribution in [0.1, 0.15) is 30.3 Å². The second kappa shape index (κ2) is 6.37. The number of halogens is 3. The zero-order chi connectivity index (χ0) is 16.4. The SMILES string of the molecule is O=C(Cc1cc(F)c(F)cc1F)Nc1n[nH]c(C2CCCO2)n1. The van der Waals surface area contributed by atoms with Gasteiger partial charge in [0.1, 0.15) is 11.9 Å². The van der Waals surface area contributed by atoms with Crippen LogP contribution in [-0.4, -0.2) is 27.7 Å². The second-order valence-electron chi connectivity index (χ2n) is 5.13. The molecule has 1 aromatic carbocycles. The Morgan fingerprint density at radius 2 is 2.09 bits per heavy atom. The molecule has 2 N–H and O–H groups in total. The van der Waals surface area contributed by atoms with Gasteiger partial charge in [-0.2, -0.15) is 4.98 Å². The highest BCUT2D eigenvalue weighted by atomic mass is 19.2. The average molecular weight is 326 g/mol. The minimum Gasteiger partial charge on any atom is -0.370 e. The lowest BCUT2D eigenvalue weighted by Gasteiger charge is -2.04. The number of amides is 1. The van der Waals surface area contributed by atoms with Gasteiger partial charge in [-0.25, -0.2) is 13.2 Å². The smallest absolute Gasteiger partial charge is 0.248 e. The molecule has 1 aliphatic heterocycles. The number of nitrogens with zero attached hydrogens (tertiary/aromatic N) is 2. The monoisotopic (exact) mass is 326 g/mol. The second-order valence-corrected chi connectivity index (χ2v) is 5.13. The summed E-state index contributed by atoms with van der Waals surface area (Å²) in [5.74, 6) is -3.64. The van der Waals surface area contributed by atoms with Crippen molar-refractivity contribution in [1.29, 1.82) is 0 Å². The third-order valence-electron chi connectivity index (χ3n) is 3.43. The minimum absolute atomic E-state index is 0.0171. The number of aromatic nitrogens is 3. The van der Waals surface area contributed by atoms with E-state index in [0.717, 1.165) is 12.8 Å². The van der Waals surface area contributed by atoms with E-state index < -0.39 is 29.8 Å². The van der Waals surface area contributed by atoms with E-state index in [-0.39, 0.29) is 17.6 Å². The maximum atomic E-state index is 13.5. The first-order valence-electron chi connectivity index (χ1n) is 7.00. The zero-order valence-electron chi connectivity index (χ0n) is 11.9. The van der Waals surface area contributed by atoms with Crippen molar-refractivity contribution in [2.75, 3.05) is 11.9 Å². The number of benzene rings is 1. The first kappa shape index (κ1) is 15.5. The van der Waals surface area contributed by atoms with Crippen molar-refractivity contribution in [2.45, 2.75) is 25.4 Å². The predicted molar refractivity (Wildman–Crippen MR) is 73.0 cm³/mol. The molecule has 1 unspecified atom stereocenters. The molecule has 0 spiro atoms. The molecule has 6 nitrogen and oxygen atoms in total. The van der Waals surface area contributed by atoms with Crippen LogP contribution >= 0.6 is 0 Å². The molecule has 1 aromatic heterocycles. The molecule has 2 heterocycles. The Morgan fingerprint density at radius 1 is 1.30 bits per heavy atom. The van der Waals surface area contributed by atoms with Crippen molar-refractivity contribution >= 4 is 11.9 Å². The Morgan fingerprint density at radius 3 is 2.83 bits per heavy atom. The van der Waals surface area contributed by atoms with Crippen LogP contribution < -0.4 is 5.32 Å². The number of hydrogen-bond donors (Lipinski definition) is 2. The van der Waals surface area contributed by atoms with E-state index in [0.29, 0.717) is 24.6 Å². The van der Waals surface area contributed by atoms with Crippen LogP contribution in [0.2, 0.25) is 0 Å². The topological polar surface area (TPSA) is 79.9 Å². The summed E-state index contributed by atoms with van der Waals surface area (Å²) in [5.41, 5.74) is -0.253. The van der Waals surface area contributed by atoms with E-state index in [4.69, 9.17) is 4.74 Å². The highest BCUT2D eigenvalue weighted by molar-refractivity contribution is 5.90. The first-order valence-corrected chi connectivity index (χ1v) is 7.00. The number of aromatic amines is 1. The summed E-state index contributed by atoms with van der Waals surface area (Å²) in [6.07, 6.45) is 1.08. The lowest BCUT2D eigenvalue weighted by Crippen LogP contribution is -2.16. The van der Waals surface area contributed by atoms with E-state index in [1.165, 1.54) is 0 Å². The quantitative estimate of drug-likeness (QED) is 0.845. The predicted octanol–water partition coefficient (Wildman–Crippen LogP) is 2.25. The van der Waals surface area contributed by atoms with Crippen molar-refractivity contribution in [3.63, 3.8) is 0 Å². The minimum atomic E-state index is -1.30. The summed E-state index contributed by atoms with van der Waals surface area (Å²) in [4.78, 5) is 15.9. The number of ether oxygens (including phenoxy) is 1. The van der Waals surface area contributed by atoms with Gasteiger partial charge in [0.05, 0.1) is 6.42 Å². The van der Waals surface area contributed by atoms with Crippen LogP contribution in [0.5, 0.6) is 0 Å². The highest BCUT2D eigenvalue weighted by Crippen LogP contribution is 2.26. The van der Waals surface area contributed by atoms with Gasteiger partial charge in [0, 0.05) is 18.2 Å². The molecule has 0 bridgehead atoms. The fourth-order valence-electron chi connectivity index (χ4n) is 2.31. The lowest BCUT2D eigenvalue weighted by molar-refractivity contribution is -0.115. The number of carbonyl (C=O) groups is 1. The molecule has 1 amide bonds. The Balaban J connectivity index is 1.64. The summed E-state index contributed by atoms with van der Waals surface area (Å²) < 4.78 is 44.9. The van der Waals surface area contributed by atoms with Gasteiger partial charge in [0.25, 0.3) is 0 Å².